The Morgan fingerprint density at radius 1 is 1.24 bits per heavy atom. The molecule has 1 N–H and O–H groups in total. The van der Waals surface area contributed by atoms with E-state index in [1.807, 2.05) is 30.3 Å². The van der Waals surface area contributed by atoms with Crippen LogP contribution in [0.1, 0.15) is 26.2 Å². The van der Waals surface area contributed by atoms with Gasteiger partial charge in [0.1, 0.15) is 0 Å². The molecular formula is C16H23N3O2. The number of rotatable bonds is 8. The van der Waals surface area contributed by atoms with Crippen molar-refractivity contribution in [2.75, 3.05) is 19.6 Å². The molecule has 1 atom stereocenters. The first-order valence-corrected chi connectivity index (χ1v) is 7.51. The quantitative estimate of drug-likeness (QED) is 0.808. The Morgan fingerprint density at radius 3 is 2.67 bits per heavy atom. The Hall–Kier alpha value is -1.72. The lowest BCUT2D eigenvalue weighted by Crippen LogP contribution is -2.34. The number of hydrogen-bond donors (Lipinski definition) is 1. The first-order chi connectivity index (χ1) is 10.2. The molecule has 0 aliphatic carbocycles. The maximum atomic E-state index is 10.1. The molecule has 0 radical (unpaired) electrons. The summed E-state index contributed by atoms with van der Waals surface area (Å²) in [5.74, 6) is 1.05. The Balaban J connectivity index is 1.93. The van der Waals surface area contributed by atoms with Crippen molar-refractivity contribution in [2.24, 2.45) is 0 Å². The second-order valence-electron chi connectivity index (χ2n) is 5.13. The van der Waals surface area contributed by atoms with E-state index in [1.165, 1.54) is 0 Å². The van der Waals surface area contributed by atoms with E-state index in [0.29, 0.717) is 24.7 Å². The van der Waals surface area contributed by atoms with Gasteiger partial charge in [-0.25, -0.2) is 0 Å². The normalized spacial score (nSPS) is 12.8. The van der Waals surface area contributed by atoms with E-state index in [4.69, 9.17) is 4.52 Å². The second-order valence-corrected chi connectivity index (χ2v) is 5.13. The number of likely N-dealkylation sites (N-methyl/N-ethyl adjacent to an activating group) is 1. The summed E-state index contributed by atoms with van der Waals surface area (Å²) >= 11 is 0. The van der Waals surface area contributed by atoms with Gasteiger partial charge >= 0.3 is 0 Å². The third-order valence-electron chi connectivity index (χ3n) is 3.37. The number of benzene rings is 1. The van der Waals surface area contributed by atoms with E-state index in [1.54, 1.807) is 0 Å². The molecule has 0 aliphatic rings. The minimum absolute atomic E-state index is 0.389. The minimum Gasteiger partial charge on any atom is -0.391 e. The topological polar surface area (TPSA) is 62.4 Å². The summed E-state index contributed by atoms with van der Waals surface area (Å²) in [7, 11) is 0. The molecule has 1 unspecified atom stereocenters. The molecule has 0 spiro atoms. The first kappa shape index (κ1) is 15.7. The number of aromatic nitrogens is 2. The molecule has 21 heavy (non-hydrogen) atoms. The highest BCUT2D eigenvalue weighted by atomic mass is 16.5. The van der Waals surface area contributed by atoms with Crippen LogP contribution in [0.2, 0.25) is 0 Å². The summed E-state index contributed by atoms with van der Waals surface area (Å²) in [6, 6.07) is 9.69. The van der Waals surface area contributed by atoms with Crippen LogP contribution < -0.4 is 0 Å². The number of nitrogens with zero attached hydrogens (tertiary/aromatic N) is 3. The molecule has 114 valence electrons. The lowest BCUT2D eigenvalue weighted by Gasteiger charge is -2.22. The summed E-state index contributed by atoms with van der Waals surface area (Å²) in [5.41, 5.74) is 0.920. The zero-order valence-corrected chi connectivity index (χ0v) is 12.7. The molecule has 0 bridgehead atoms. The summed E-state index contributed by atoms with van der Waals surface area (Å²) in [6.07, 6.45) is 0.986. The van der Waals surface area contributed by atoms with Crippen LogP contribution in [0.25, 0.3) is 11.4 Å². The van der Waals surface area contributed by atoms with Gasteiger partial charge in [0.05, 0.1) is 12.5 Å². The minimum atomic E-state index is -0.486. The van der Waals surface area contributed by atoms with Crippen molar-refractivity contribution in [1.82, 2.24) is 15.0 Å². The fourth-order valence-electron chi connectivity index (χ4n) is 2.30. The molecule has 0 fully saturated rings. The predicted molar refractivity (Wildman–Crippen MR) is 81.8 cm³/mol. The summed E-state index contributed by atoms with van der Waals surface area (Å²) in [5, 5.41) is 14.1. The maximum Gasteiger partial charge on any atom is 0.229 e. The third kappa shape index (κ3) is 4.65. The number of aliphatic hydroxyl groups excluding tert-OH is 1. The number of hydrogen-bond acceptors (Lipinski definition) is 5. The van der Waals surface area contributed by atoms with E-state index in [2.05, 4.69) is 28.9 Å². The highest BCUT2D eigenvalue weighted by Crippen LogP contribution is 2.15. The first-order valence-electron chi connectivity index (χ1n) is 7.51. The van der Waals surface area contributed by atoms with Crippen LogP contribution in [0, 0.1) is 0 Å². The predicted octanol–water partition coefficient (Wildman–Crippen LogP) is 2.37. The Labute approximate surface area is 125 Å². The Morgan fingerprint density at radius 2 is 2.00 bits per heavy atom. The van der Waals surface area contributed by atoms with Gasteiger partial charge in [-0.2, -0.15) is 4.98 Å². The SMILES string of the molecule is CCCN(CC)CC(O)Cc1nc(-c2ccccc2)no1. The van der Waals surface area contributed by atoms with Crippen molar-refractivity contribution in [3.63, 3.8) is 0 Å². The molecule has 0 amide bonds. The zero-order chi connectivity index (χ0) is 15.1. The van der Waals surface area contributed by atoms with Crippen molar-refractivity contribution in [2.45, 2.75) is 32.8 Å². The molecule has 0 saturated carbocycles. The van der Waals surface area contributed by atoms with Crippen LogP contribution in [-0.4, -0.2) is 45.9 Å². The van der Waals surface area contributed by atoms with Crippen molar-refractivity contribution in [1.29, 1.82) is 0 Å². The van der Waals surface area contributed by atoms with E-state index < -0.39 is 6.10 Å². The van der Waals surface area contributed by atoms with E-state index in [-0.39, 0.29) is 0 Å². The van der Waals surface area contributed by atoms with E-state index in [9.17, 15) is 5.11 Å². The van der Waals surface area contributed by atoms with Crippen LogP contribution in [-0.2, 0) is 6.42 Å². The molecule has 1 heterocycles. The average Bonchev–Trinajstić information content (AvgIpc) is 2.96. The highest BCUT2D eigenvalue weighted by Gasteiger charge is 2.15. The van der Waals surface area contributed by atoms with Gasteiger partial charge < -0.3 is 14.5 Å². The van der Waals surface area contributed by atoms with Gasteiger partial charge in [-0.1, -0.05) is 49.3 Å². The van der Waals surface area contributed by atoms with Crippen LogP contribution in [0.15, 0.2) is 34.9 Å². The Kier molecular flexibility index (Phi) is 5.90. The monoisotopic (exact) mass is 289 g/mol. The van der Waals surface area contributed by atoms with Gasteiger partial charge in [0.15, 0.2) is 0 Å². The van der Waals surface area contributed by atoms with Gasteiger partial charge in [-0.05, 0) is 19.5 Å². The molecular weight excluding hydrogens is 266 g/mol. The van der Waals surface area contributed by atoms with Gasteiger partial charge in [0.25, 0.3) is 0 Å². The number of aliphatic hydroxyl groups is 1. The lowest BCUT2D eigenvalue weighted by molar-refractivity contribution is 0.108. The molecule has 5 heteroatoms. The fraction of sp³-hybridized carbons (Fsp3) is 0.500. The standard InChI is InChI=1S/C16H23N3O2/c1-3-10-19(4-2)12-14(20)11-15-17-16(18-21-15)13-8-6-5-7-9-13/h5-9,14,20H,3-4,10-12H2,1-2H3. The molecule has 5 nitrogen and oxygen atoms in total. The molecule has 2 aromatic rings. The van der Waals surface area contributed by atoms with E-state index >= 15 is 0 Å². The molecule has 1 aromatic heterocycles. The van der Waals surface area contributed by atoms with Crippen molar-refractivity contribution in [3.05, 3.63) is 36.2 Å². The summed E-state index contributed by atoms with van der Waals surface area (Å²) in [6.45, 7) is 6.80. The second kappa shape index (κ2) is 7.90. The maximum absolute atomic E-state index is 10.1. The third-order valence-corrected chi connectivity index (χ3v) is 3.37. The van der Waals surface area contributed by atoms with Crippen LogP contribution in [0.5, 0.6) is 0 Å². The zero-order valence-electron chi connectivity index (χ0n) is 12.7. The molecule has 1 aromatic carbocycles. The highest BCUT2D eigenvalue weighted by molar-refractivity contribution is 5.53. The summed E-state index contributed by atoms with van der Waals surface area (Å²) in [4.78, 5) is 6.56. The van der Waals surface area contributed by atoms with Gasteiger partial charge in [-0.3, -0.25) is 0 Å². The lowest BCUT2D eigenvalue weighted by atomic mass is 10.2. The van der Waals surface area contributed by atoms with Crippen molar-refractivity contribution in [3.8, 4) is 11.4 Å². The molecule has 2 rings (SSSR count). The van der Waals surface area contributed by atoms with Crippen LogP contribution in [0.4, 0.5) is 0 Å². The van der Waals surface area contributed by atoms with Crippen molar-refractivity contribution >= 4 is 0 Å². The van der Waals surface area contributed by atoms with Gasteiger partial charge in [0, 0.05) is 12.1 Å². The average molecular weight is 289 g/mol. The molecule has 0 aliphatic heterocycles. The van der Waals surface area contributed by atoms with Crippen LogP contribution in [0.3, 0.4) is 0 Å². The Bertz CT molecular complexity index is 527. The van der Waals surface area contributed by atoms with Crippen LogP contribution >= 0.6 is 0 Å². The molecule has 0 saturated heterocycles. The summed E-state index contributed by atoms with van der Waals surface area (Å²) < 4.78 is 5.23. The fourth-order valence-corrected chi connectivity index (χ4v) is 2.30. The largest absolute Gasteiger partial charge is 0.391 e. The smallest absolute Gasteiger partial charge is 0.229 e. The van der Waals surface area contributed by atoms with Crippen molar-refractivity contribution < 1.29 is 9.63 Å². The van der Waals surface area contributed by atoms with Gasteiger partial charge in [0.2, 0.25) is 11.7 Å². The van der Waals surface area contributed by atoms with Gasteiger partial charge in [-0.15, -0.1) is 0 Å². The van der Waals surface area contributed by atoms with E-state index in [0.717, 1.165) is 25.1 Å².